The summed E-state index contributed by atoms with van der Waals surface area (Å²) in [4.78, 5) is 12.1. The predicted octanol–water partition coefficient (Wildman–Crippen LogP) is 4.23. The van der Waals surface area contributed by atoms with Gasteiger partial charge >= 0.3 is 13.2 Å². The van der Waals surface area contributed by atoms with Gasteiger partial charge in [-0.25, -0.2) is 4.79 Å². The third kappa shape index (κ3) is 5.75. The molecule has 1 saturated heterocycles. The molecule has 154 valence electrons. The highest BCUT2D eigenvalue weighted by Gasteiger charge is 2.52. The Morgan fingerprint density at radius 1 is 1.11 bits per heavy atom. The molecule has 1 aromatic carbocycles. The van der Waals surface area contributed by atoms with Crippen LogP contribution in [-0.4, -0.2) is 43.7 Å². The number of alkyl carbamates (subject to hydrolysis) is 1. The molecule has 28 heavy (non-hydrogen) atoms. The Morgan fingerprint density at radius 2 is 1.64 bits per heavy atom. The van der Waals surface area contributed by atoms with E-state index in [0.29, 0.717) is 0 Å². The van der Waals surface area contributed by atoms with E-state index in [9.17, 15) is 4.79 Å². The van der Waals surface area contributed by atoms with Gasteiger partial charge in [-0.05, 0) is 71.6 Å². The number of hydrogen-bond donors (Lipinski definition) is 1. The summed E-state index contributed by atoms with van der Waals surface area (Å²) in [7, 11) is 1.06. The van der Waals surface area contributed by atoms with Gasteiger partial charge in [0.05, 0.1) is 18.3 Å². The van der Waals surface area contributed by atoms with Crippen molar-refractivity contribution in [3.05, 3.63) is 35.3 Å². The molecule has 0 bridgehead atoms. The average Bonchev–Trinajstić information content (AvgIpc) is 2.78. The van der Waals surface area contributed by atoms with Crippen molar-refractivity contribution >= 4 is 19.3 Å². The highest BCUT2D eigenvalue weighted by atomic mass is 16.7. The van der Waals surface area contributed by atoms with E-state index in [0.717, 1.165) is 16.8 Å². The van der Waals surface area contributed by atoms with Crippen LogP contribution in [0.3, 0.4) is 0 Å². The first kappa shape index (κ1) is 22.3. The van der Waals surface area contributed by atoms with Crippen molar-refractivity contribution < 1.29 is 23.6 Å². The summed E-state index contributed by atoms with van der Waals surface area (Å²) in [5.41, 5.74) is 0.255. The van der Waals surface area contributed by atoms with Crippen LogP contribution in [0.15, 0.2) is 29.7 Å². The second kappa shape index (κ2) is 8.17. The van der Waals surface area contributed by atoms with E-state index in [4.69, 9.17) is 18.8 Å². The van der Waals surface area contributed by atoms with Gasteiger partial charge in [-0.1, -0.05) is 18.2 Å². The van der Waals surface area contributed by atoms with Crippen molar-refractivity contribution in [3.8, 4) is 5.75 Å². The van der Waals surface area contributed by atoms with Crippen molar-refractivity contribution in [2.75, 3.05) is 13.7 Å². The number of carbonyl (C=O) groups is 1. The largest absolute Gasteiger partial charge is 0.497 e. The molecule has 0 radical (unpaired) electrons. The zero-order valence-corrected chi connectivity index (χ0v) is 18.2. The van der Waals surface area contributed by atoms with Gasteiger partial charge in [-0.3, -0.25) is 0 Å². The minimum absolute atomic E-state index is 0.248. The molecule has 0 atom stereocenters. The maximum Gasteiger partial charge on any atom is 0.492 e. The van der Waals surface area contributed by atoms with Crippen LogP contribution in [0.4, 0.5) is 4.79 Å². The summed E-state index contributed by atoms with van der Waals surface area (Å²) in [6.45, 7) is 13.7. The molecule has 1 fully saturated rings. The third-order valence-electron chi connectivity index (χ3n) is 4.86. The summed E-state index contributed by atoms with van der Waals surface area (Å²) in [6.07, 6.45) is 1.48. The topological polar surface area (TPSA) is 66.0 Å². The highest BCUT2D eigenvalue weighted by Crippen LogP contribution is 2.38. The quantitative estimate of drug-likeness (QED) is 0.764. The second-order valence-corrected chi connectivity index (χ2v) is 8.94. The standard InChI is InChI=1S/C21H32BNO5/c1-19(2,3)26-18(24)23-14-16(13-15-9-11-17(25-8)12-10-15)22-27-20(4,5)21(6,7)28-22/h9-13H,14H2,1-8H3,(H,23,24). The normalized spacial score (nSPS) is 18.7. The Balaban J connectivity index is 2.23. The van der Waals surface area contributed by atoms with Crippen LogP contribution in [0.25, 0.3) is 6.08 Å². The summed E-state index contributed by atoms with van der Waals surface area (Å²) in [5, 5.41) is 2.80. The molecule has 1 heterocycles. The van der Waals surface area contributed by atoms with Crippen LogP contribution in [0.2, 0.25) is 0 Å². The molecule has 1 amide bonds. The van der Waals surface area contributed by atoms with E-state index in [2.05, 4.69) is 5.32 Å². The van der Waals surface area contributed by atoms with Crippen LogP contribution in [0.1, 0.15) is 54.0 Å². The Bertz CT molecular complexity index is 703. The summed E-state index contributed by atoms with van der Waals surface area (Å²) < 4.78 is 22.9. The minimum atomic E-state index is -0.568. The lowest BCUT2D eigenvalue weighted by molar-refractivity contribution is 0.00578. The predicted molar refractivity (Wildman–Crippen MR) is 111 cm³/mol. The van der Waals surface area contributed by atoms with Gasteiger partial charge in [0.2, 0.25) is 0 Å². The number of ether oxygens (including phenoxy) is 2. The highest BCUT2D eigenvalue weighted by molar-refractivity contribution is 6.56. The lowest BCUT2D eigenvalue weighted by Crippen LogP contribution is -2.41. The Hall–Kier alpha value is -1.99. The van der Waals surface area contributed by atoms with Gasteiger partial charge in [0.15, 0.2) is 0 Å². The fraction of sp³-hybridized carbons (Fsp3) is 0.571. The zero-order chi connectivity index (χ0) is 21.2. The molecule has 0 spiro atoms. The molecule has 2 rings (SSSR count). The number of hydrogen-bond acceptors (Lipinski definition) is 5. The first-order chi connectivity index (χ1) is 12.8. The smallest absolute Gasteiger partial charge is 0.492 e. The van der Waals surface area contributed by atoms with Gasteiger partial charge in [-0.15, -0.1) is 0 Å². The fourth-order valence-electron chi connectivity index (χ4n) is 2.60. The Morgan fingerprint density at radius 3 is 2.11 bits per heavy atom. The van der Waals surface area contributed by atoms with Gasteiger partial charge in [-0.2, -0.15) is 0 Å². The molecule has 6 nitrogen and oxygen atoms in total. The number of carbonyl (C=O) groups excluding carboxylic acids is 1. The zero-order valence-electron chi connectivity index (χ0n) is 18.2. The van der Waals surface area contributed by atoms with Gasteiger partial charge in [0.25, 0.3) is 0 Å². The lowest BCUT2D eigenvalue weighted by atomic mass is 9.77. The van der Waals surface area contributed by atoms with Crippen LogP contribution in [0.5, 0.6) is 5.75 Å². The van der Waals surface area contributed by atoms with Crippen LogP contribution < -0.4 is 10.1 Å². The number of nitrogens with one attached hydrogen (secondary N) is 1. The molecule has 1 aromatic rings. The van der Waals surface area contributed by atoms with Gasteiger partial charge in [0.1, 0.15) is 11.4 Å². The lowest BCUT2D eigenvalue weighted by Gasteiger charge is -2.32. The molecule has 1 N–H and O–H groups in total. The van der Waals surface area contributed by atoms with E-state index in [1.807, 2.05) is 78.8 Å². The van der Waals surface area contributed by atoms with E-state index >= 15 is 0 Å². The fourth-order valence-corrected chi connectivity index (χ4v) is 2.60. The maximum atomic E-state index is 12.1. The summed E-state index contributed by atoms with van der Waals surface area (Å²) >= 11 is 0. The molecule has 7 heteroatoms. The van der Waals surface area contributed by atoms with Crippen molar-refractivity contribution in [2.24, 2.45) is 0 Å². The van der Waals surface area contributed by atoms with Crippen molar-refractivity contribution in [1.82, 2.24) is 5.32 Å². The van der Waals surface area contributed by atoms with Crippen molar-refractivity contribution in [3.63, 3.8) is 0 Å². The maximum absolute atomic E-state index is 12.1. The van der Waals surface area contributed by atoms with Crippen LogP contribution >= 0.6 is 0 Å². The molecular weight excluding hydrogens is 357 g/mol. The van der Waals surface area contributed by atoms with Gasteiger partial charge < -0.3 is 24.1 Å². The van der Waals surface area contributed by atoms with Crippen molar-refractivity contribution in [2.45, 2.75) is 65.3 Å². The van der Waals surface area contributed by atoms with E-state index in [1.165, 1.54) is 0 Å². The van der Waals surface area contributed by atoms with Crippen molar-refractivity contribution in [1.29, 1.82) is 0 Å². The Labute approximate surface area is 168 Å². The number of rotatable bonds is 5. The first-order valence-electron chi connectivity index (χ1n) is 9.50. The van der Waals surface area contributed by atoms with Crippen LogP contribution in [-0.2, 0) is 14.0 Å². The van der Waals surface area contributed by atoms with Gasteiger partial charge in [0, 0.05) is 6.54 Å². The molecule has 0 saturated carbocycles. The molecule has 1 aliphatic rings. The van der Waals surface area contributed by atoms with E-state index in [1.54, 1.807) is 7.11 Å². The first-order valence-corrected chi connectivity index (χ1v) is 9.50. The minimum Gasteiger partial charge on any atom is -0.497 e. The number of methoxy groups -OCH3 is 1. The SMILES string of the molecule is COc1ccc(C=C(CNC(=O)OC(C)(C)C)B2OC(C)(C)C(C)(C)O2)cc1. The molecular formula is C21H32BNO5. The molecule has 0 aliphatic carbocycles. The monoisotopic (exact) mass is 389 g/mol. The average molecular weight is 389 g/mol. The Kier molecular flexibility index (Phi) is 6.51. The van der Waals surface area contributed by atoms with Crippen LogP contribution in [0, 0.1) is 0 Å². The third-order valence-corrected chi connectivity index (χ3v) is 4.86. The molecule has 0 unspecified atom stereocenters. The number of amides is 1. The summed E-state index contributed by atoms with van der Waals surface area (Å²) in [5.74, 6) is 0.779. The molecule has 0 aromatic heterocycles. The van der Waals surface area contributed by atoms with E-state index < -0.39 is 30.0 Å². The summed E-state index contributed by atoms with van der Waals surface area (Å²) in [6, 6.07) is 7.65. The van der Waals surface area contributed by atoms with E-state index in [-0.39, 0.29) is 6.54 Å². The second-order valence-electron chi connectivity index (χ2n) is 8.94. The number of benzene rings is 1. The molecule has 1 aliphatic heterocycles.